The lowest BCUT2D eigenvalue weighted by Gasteiger charge is -2.02. The zero-order valence-corrected chi connectivity index (χ0v) is 8.12. The zero-order valence-electron chi connectivity index (χ0n) is 8.12. The number of allylic oxidation sites excluding steroid dienone is 2. The monoisotopic (exact) mass is 183 g/mol. The van der Waals surface area contributed by atoms with Crippen LogP contribution < -0.4 is 0 Å². The summed E-state index contributed by atoms with van der Waals surface area (Å²) in [6.45, 7) is 0.282. The van der Waals surface area contributed by atoms with Crippen LogP contribution in [-0.4, -0.2) is 24.5 Å². The predicted octanol–water partition coefficient (Wildman–Crippen LogP) is 1.87. The highest BCUT2D eigenvalue weighted by Gasteiger charge is 2.12. The van der Waals surface area contributed by atoms with E-state index in [0.29, 0.717) is 0 Å². The van der Waals surface area contributed by atoms with Gasteiger partial charge in [-0.25, -0.2) is 0 Å². The summed E-state index contributed by atoms with van der Waals surface area (Å²) in [7, 11) is 1.58. The lowest BCUT2D eigenvalue weighted by atomic mass is 10.1. The van der Waals surface area contributed by atoms with Gasteiger partial charge < -0.3 is 9.94 Å². The molecular weight excluding hydrogens is 166 g/mol. The highest BCUT2D eigenvalue weighted by Crippen LogP contribution is 2.20. The van der Waals surface area contributed by atoms with E-state index in [1.165, 1.54) is 5.57 Å². The van der Waals surface area contributed by atoms with Crippen LogP contribution in [0.4, 0.5) is 0 Å². The number of oxime groups is 1. The van der Waals surface area contributed by atoms with Crippen molar-refractivity contribution in [2.75, 3.05) is 13.7 Å². The molecule has 0 bridgehead atoms. The Balaban J connectivity index is 2.35. The third-order valence-corrected chi connectivity index (χ3v) is 2.20. The standard InChI is InChI=1S/C10H17NO2/c1-13-11-10-7-4-6-9(10)5-2-3-8-12/h6,12H,2-5,7-8H2,1H3/b11-10-. The molecule has 13 heavy (non-hydrogen) atoms. The highest BCUT2D eigenvalue weighted by atomic mass is 16.6. The summed E-state index contributed by atoms with van der Waals surface area (Å²) in [6, 6.07) is 0. The third kappa shape index (κ3) is 3.19. The first-order valence-corrected chi connectivity index (χ1v) is 4.78. The molecule has 1 aliphatic rings. The number of hydrogen-bond donors (Lipinski definition) is 1. The Morgan fingerprint density at radius 1 is 1.54 bits per heavy atom. The Labute approximate surface area is 79.1 Å². The minimum atomic E-state index is 0.282. The quantitative estimate of drug-likeness (QED) is 0.522. The summed E-state index contributed by atoms with van der Waals surface area (Å²) in [5.41, 5.74) is 2.38. The summed E-state index contributed by atoms with van der Waals surface area (Å²) in [4.78, 5) is 4.76. The molecule has 0 aromatic heterocycles. The Morgan fingerprint density at radius 3 is 3.08 bits per heavy atom. The molecule has 0 saturated carbocycles. The Morgan fingerprint density at radius 2 is 2.38 bits per heavy atom. The minimum Gasteiger partial charge on any atom is -0.399 e. The molecule has 0 aromatic rings. The zero-order chi connectivity index (χ0) is 9.52. The van der Waals surface area contributed by atoms with Crippen LogP contribution >= 0.6 is 0 Å². The van der Waals surface area contributed by atoms with Gasteiger partial charge in [0, 0.05) is 6.61 Å². The van der Waals surface area contributed by atoms with E-state index in [1.54, 1.807) is 7.11 Å². The number of hydrogen-bond acceptors (Lipinski definition) is 3. The van der Waals surface area contributed by atoms with Gasteiger partial charge in [-0.2, -0.15) is 0 Å². The second kappa shape index (κ2) is 5.75. The van der Waals surface area contributed by atoms with Gasteiger partial charge >= 0.3 is 0 Å². The normalized spacial score (nSPS) is 19.2. The van der Waals surface area contributed by atoms with Gasteiger partial charge in [-0.05, 0) is 37.7 Å². The smallest absolute Gasteiger partial charge is 0.106 e. The van der Waals surface area contributed by atoms with Crippen molar-refractivity contribution in [1.29, 1.82) is 0 Å². The van der Waals surface area contributed by atoms with Crippen LogP contribution in [-0.2, 0) is 4.84 Å². The van der Waals surface area contributed by atoms with E-state index in [4.69, 9.17) is 9.94 Å². The molecule has 0 saturated heterocycles. The summed E-state index contributed by atoms with van der Waals surface area (Å²) in [5, 5.41) is 12.6. The number of rotatable bonds is 5. The summed E-state index contributed by atoms with van der Waals surface area (Å²) in [5.74, 6) is 0. The number of aliphatic hydroxyl groups excluding tert-OH is 1. The minimum absolute atomic E-state index is 0.282. The van der Waals surface area contributed by atoms with E-state index in [2.05, 4.69) is 11.2 Å². The number of nitrogens with zero attached hydrogens (tertiary/aromatic N) is 1. The summed E-state index contributed by atoms with van der Waals surface area (Å²) >= 11 is 0. The van der Waals surface area contributed by atoms with E-state index in [9.17, 15) is 0 Å². The molecule has 0 fully saturated rings. The molecule has 0 unspecified atom stereocenters. The topological polar surface area (TPSA) is 41.8 Å². The first kappa shape index (κ1) is 10.3. The van der Waals surface area contributed by atoms with Crippen molar-refractivity contribution in [2.45, 2.75) is 32.1 Å². The molecule has 0 heterocycles. The van der Waals surface area contributed by atoms with Gasteiger partial charge in [0.15, 0.2) is 0 Å². The molecule has 0 aromatic carbocycles. The Hall–Kier alpha value is -0.830. The van der Waals surface area contributed by atoms with Crippen molar-refractivity contribution in [1.82, 2.24) is 0 Å². The molecule has 0 atom stereocenters. The maximum atomic E-state index is 8.64. The van der Waals surface area contributed by atoms with Crippen molar-refractivity contribution < 1.29 is 9.94 Å². The van der Waals surface area contributed by atoms with Crippen LogP contribution in [0.2, 0.25) is 0 Å². The van der Waals surface area contributed by atoms with Crippen LogP contribution in [0.5, 0.6) is 0 Å². The predicted molar refractivity (Wildman–Crippen MR) is 52.7 cm³/mol. The molecule has 0 spiro atoms. The van der Waals surface area contributed by atoms with Crippen LogP contribution in [0.3, 0.4) is 0 Å². The number of aliphatic hydroxyl groups is 1. The fourth-order valence-corrected chi connectivity index (χ4v) is 1.55. The molecular formula is C10H17NO2. The summed E-state index contributed by atoms with van der Waals surface area (Å²) < 4.78 is 0. The van der Waals surface area contributed by atoms with Gasteiger partial charge in [0.25, 0.3) is 0 Å². The van der Waals surface area contributed by atoms with Gasteiger partial charge in [-0.3, -0.25) is 0 Å². The van der Waals surface area contributed by atoms with Gasteiger partial charge in [-0.1, -0.05) is 11.2 Å². The molecule has 1 N–H and O–H groups in total. The van der Waals surface area contributed by atoms with Crippen molar-refractivity contribution in [3.8, 4) is 0 Å². The molecule has 3 nitrogen and oxygen atoms in total. The molecule has 1 rings (SSSR count). The van der Waals surface area contributed by atoms with Gasteiger partial charge in [0.2, 0.25) is 0 Å². The van der Waals surface area contributed by atoms with E-state index in [0.717, 1.165) is 37.8 Å². The molecule has 0 radical (unpaired) electrons. The lowest BCUT2D eigenvalue weighted by Crippen LogP contribution is -1.98. The van der Waals surface area contributed by atoms with E-state index in [-0.39, 0.29) is 6.61 Å². The summed E-state index contributed by atoms with van der Waals surface area (Å²) in [6.07, 6.45) is 7.22. The molecule has 0 amide bonds. The number of unbranched alkanes of at least 4 members (excludes halogenated alkanes) is 1. The van der Waals surface area contributed by atoms with Crippen LogP contribution in [0.25, 0.3) is 0 Å². The average molecular weight is 183 g/mol. The van der Waals surface area contributed by atoms with Crippen molar-refractivity contribution >= 4 is 5.71 Å². The lowest BCUT2D eigenvalue weighted by molar-refractivity contribution is 0.213. The maximum Gasteiger partial charge on any atom is 0.106 e. The Bertz CT molecular complexity index is 209. The van der Waals surface area contributed by atoms with Crippen molar-refractivity contribution in [3.05, 3.63) is 11.6 Å². The van der Waals surface area contributed by atoms with E-state index >= 15 is 0 Å². The van der Waals surface area contributed by atoms with Crippen molar-refractivity contribution in [2.24, 2.45) is 5.16 Å². The molecule has 0 aliphatic heterocycles. The third-order valence-electron chi connectivity index (χ3n) is 2.20. The van der Waals surface area contributed by atoms with Gasteiger partial charge in [0.1, 0.15) is 7.11 Å². The Kier molecular flexibility index (Phi) is 4.54. The van der Waals surface area contributed by atoms with Crippen LogP contribution in [0, 0.1) is 0 Å². The van der Waals surface area contributed by atoms with Crippen LogP contribution in [0.1, 0.15) is 32.1 Å². The van der Waals surface area contributed by atoms with E-state index in [1.807, 2.05) is 0 Å². The van der Waals surface area contributed by atoms with E-state index < -0.39 is 0 Å². The second-order valence-corrected chi connectivity index (χ2v) is 3.17. The van der Waals surface area contributed by atoms with Gasteiger partial charge in [-0.15, -0.1) is 0 Å². The fraction of sp³-hybridized carbons (Fsp3) is 0.700. The fourth-order valence-electron chi connectivity index (χ4n) is 1.55. The van der Waals surface area contributed by atoms with Gasteiger partial charge in [0.05, 0.1) is 5.71 Å². The molecule has 3 heteroatoms. The first-order valence-electron chi connectivity index (χ1n) is 4.78. The maximum absolute atomic E-state index is 8.64. The van der Waals surface area contributed by atoms with Crippen molar-refractivity contribution in [3.63, 3.8) is 0 Å². The highest BCUT2D eigenvalue weighted by molar-refractivity contribution is 6.01. The van der Waals surface area contributed by atoms with Crippen LogP contribution in [0.15, 0.2) is 16.8 Å². The average Bonchev–Trinajstić information content (AvgIpc) is 2.54. The second-order valence-electron chi connectivity index (χ2n) is 3.17. The SMILES string of the molecule is CO/N=C1/CCC=C1CCCCO. The molecule has 74 valence electrons. The largest absolute Gasteiger partial charge is 0.399 e. The molecule has 1 aliphatic carbocycles. The first-order chi connectivity index (χ1) is 6.38.